The van der Waals surface area contributed by atoms with Crippen molar-refractivity contribution >= 4 is 46.2 Å². The van der Waals surface area contributed by atoms with Gasteiger partial charge in [-0.15, -0.1) is 0 Å². The van der Waals surface area contributed by atoms with Crippen molar-refractivity contribution in [2.45, 2.75) is 54.1 Å². The van der Waals surface area contributed by atoms with Crippen LogP contribution in [0.3, 0.4) is 0 Å². The van der Waals surface area contributed by atoms with Crippen molar-refractivity contribution in [1.29, 1.82) is 0 Å². The number of nitrogens with one attached hydrogen (secondary N) is 2. The van der Waals surface area contributed by atoms with Crippen LogP contribution in [0, 0.1) is 26.2 Å². The molecule has 1 aromatic heterocycles. The smallest absolute Gasteiger partial charge is 0.337 e. The molecule has 1 aliphatic rings. The molecule has 1 unspecified atom stereocenters. The van der Waals surface area contributed by atoms with E-state index < -0.39 is 28.8 Å². The van der Waals surface area contributed by atoms with Gasteiger partial charge in [-0.1, -0.05) is 38.4 Å². The molecule has 9 nitrogen and oxygen atoms in total. The summed E-state index contributed by atoms with van der Waals surface area (Å²) < 4.78 is 5.96. The van der Waals surface area contributed by atoms with Crippen LogP contribution < -0.4 is 26.4 Å². The molecule has 0 saturated heterocycles. The first kappa shape index (κ1) is 28.2. The molecule has 0 aliphatic carbocycles. The Hall–Kier alpha value is -4.37. The topological polar surface area (TPSA) is 129 Å². The van der Waals surface area contributed by atoms with E-state index in [9.17, 15) is 24.3 Å². The van der Waals surface area contributed by atoms with Crippen LogP contribution >= 0.6 is 11.6 Å². The lowest BCUT2D eigenvalue weighted by Gasteiger charge is -2.31. The fourth-order valence-corrected chi connectivity index (χ4v) is 5.33. The number of carbonyl (C=O) groups excluding carboxylic acids is 1. The van der Waals surface area contributed by atoms with E-state index in [1.54, 1.807) is 31.2 Å². The molecular formula is C31H30ClN3O6. The maximum Gasteiger partial charge on any atom is 0.337 e. The van der Waals surface area contributed by atoms with Gasteiger partial charge in [0.2, 0.25) is 0 Å². The highest BCUT2D eigenvalue weighted by Gasteiger charge is 2.37. The lowest BCUT2D eigenvalue weighted by molar-refractivity contribution is 0.0697. The number of hydrogen-bond acceptors (Lipinski definition) is 7. The van der Waals surface area contributed by atoms with Crippen molar-refractivity contribution in [3.63, 3.8) is 0 Å². The predicted octanol–water partition coefficient (Wildman–Crippen LogP) is 6.26. The van der Waals surface area contributed by atoms with Crippen LogP contribution in [-0.4, -0.2) is 17.0 Å². The second-order valence-corrected chi connectivity index (χ2v) is 11.9. The minimum atomic E-state index is -1.16. The Morgan fingerprint density at radius 2 is 1.71 bits per heavy atom. The van der Waals surface area contributed by atoms with Crippen molar-refractivity contribution in [3.8, 4) is 0 Å². The predicted molar refractivity (Wildman–Crippen MR) is 159 cm³/mol. The van der Waals surface area contributed by atoms with E-state index in [2.05, 4.69) is 10.6 Å². The highest BCUT2D eigenvalue weighted by atomic mass is 35.5. The summed E-state index contributed by atoms with van der Waals surface area (Å²) in [5.41, 5.74) is 1.31. The molecule has 3 aromatic carbocycles. The number of amides is 1. The summed E-state index contributed by atoms with van der Waals surface area (Å²) in [6, 6.07) is 9.40. The molecule has 212 valence electrons. The van der Waals surface area contributed by atoms with Gasteiger partial charge >= 0.3 is 5.97 Å². The van der Waals surface area contributed by atoms with Crippen molar-refractivity contribution in [2.75, 3.05) is 15.5 Å². The molecule has 0 saturated carbocycles. The molecular weight excluding hydrogens is 546 g/mol. The molecule has 0 bridgehead atoms. The Morgan fingerprint density at radius 3 is 2.32 bits per heavy atom. The molecule has 0 spiro atoms. The van der Waals surface area contributed by atoms with Crippen LogP contribution in [0.15, 0.2) is 50.4 Å². The third-order valence-corrected chi connectivity index (χ3v) is 7.85. The molecule has 2 heterocycles. The van der Waals surface area contributed by atoms with E-state index in [0.29, 0.717) is 16.3 Å². The number of aromatic carboxylic acids is 1. The van der Waals surface area contributed by atoms with Gasteiger partial charge in [0.15, 0.2) is 0 Å². The highest BCUT2D eigenvalue weighted by Crippen LogP contribution is 2.41. The van der Waals surface area contributed by atoms with Gasteiger partial charge in [0, 0.05) is 10.6 Å². The van der Waals surface area contributed by atoms with Crippen molar-refractivity contribution in [3.05, 3.63) is 101 Å². The number of furan rings is 1. The number of carboxylic acids is 1. The zero-order valence-electron chi connectivity index (χ0n) is 23.6. The highest BCUT2D eigenvalue weighted by molar-refractivity contribution is 6.33. The van der Waals surface area contributed by atoms with Gasteiger partial charge < -0.3 is 25.1 Å². The zero-order chi connectivity index (χ0) is 30.0. The van der Waals surface area contributed by atoms with Crippen LogP contribution in [0.5, 0.6) is 0 Å². The third kappa shape index (κ3) is 4.80. The van der Waals surface area contributed by atoms with E-state index in [-0.39, 0.29) is 45.8 Å². The largest absolute Gasteiger partial charge is 0.478 e. The Morgan fingerprint density at radius 1 is 1.02 bits per heavy atom. The Kier molecular flexibility index (Phi) is 6.82. The van der Waals surface area contributed by atoms with Crippen molar-refractivity contribution in [1.82, 2.24) is 0 Å². The molecule has 0 fully saturated rings. The summed E-state index contributed by atoms with van der Waals surface area (Å²) in [6.45, 7) is 11.6. The van der Waals surface area contributed by atoms with Crippen LogP contribution in [0.1, 0.15) is 75.7 Å². The zero-order valence-corrected chi connectivity index (χ0v) is 24.3. The average molecular weight is 576 g/mol. The van der Waals surface area contributed by atoms with Crippen molar-refractivity contribution < 1.29 is 19.1 Å². The lowest BCUT2D eigenvalue weighted by Crippen LogP contribution is -2.39. The second kappa shape index (κ2) is 9.92. The number of carboxylic acid groups (broad SMARTS) is 1. The Balaban J connectivity index is 1.52. The maximum absolute atomic E-state index is 13.7. The number of carbonyl (C=O) groups is 2. The fraction of sp³-hybridized carbons (Fsp3) is 0.290. The monoisotopic (exact) mass is 575 g/mol. The minimum absolute atomic E-state index is 0.0204. The summed E-state index contributed by atoms with van der Waals surface area (Å²) in [4.78, 5) is 52.5. The van der Waals surface area contributed by atoms with Crippen LogP contribution in [-0.2, 0) is 6.54 Å². The van der Waals surface area contributed by atoms with E-state index in [1.807, 2.05) is 40.7 Å². The number of hydrogen-bond donors (Lipinski definition) is 3. The number of fused-ring (bicyclic) bond motifs is 1. The molecule has 4 aromatic rings. The van der Waals surface area contributed by atoms with Gasteiger partial charge in [-0.05, 0) is 67.6 Å². The number of anilines is 4. The summed E-state index contributed by atoms with van der Waals surface area (Å²) >= 11 is 6.48. The van der Waals surface area contributed by atoms with E-state index in [1.165, 1.54) is 11.0 Å². The van der Waals surface area contributed by atoms with Crippen molar-refractivity contribution in [2.24, 2.45) is 5.41 Å². The summed E-state index contributed by atoms with van der Waals surface area (Å²) in [6.07, 6.45) is 0. The standard InChI is InChI=1S/C31H30ClN3O6/c1-14-7-8-17(30(39)40)21(11-14)35-13-18-19(32)9-10-20(23(18)29(35)38)33-24-25(27(37)26(24)36)34-28(31(4,5)6)22-12-15(2)16(3)41-22/h7-12,28,33-34H,13H2,1-6H3,(H,39,40). The Bertz CT molecular complexity index is 1790. The minimum Gasteiger partial charge on any atom is -0.478 e. The van der Waals surface area contributed by atoms with Crippen LogP contribution in [0.2, 0.25) is 5.02 Å². The quantitative estimate of drug-likeness (QED) is 0.220. The van der Waals surface area contributed by atoms with Gasteiger partial charge in [0.25, 0.3) is 16.8 Å². The molecule has 1 amide bonds. The van der Waals surface area contributed by atoms with E-state index >= 15 is 0 Å². The van der Waals surface area contributed by atoms with Gasteiger partial charge in [-0.25, -0.2) is 4.79 Å². The third-order valence-electron chi connectivity index (χ3n) is 7.50. The molecule has 10 heteroatoms. The van der Waals surface area contributed by atoms with E-state index in [4.69, 9.17) is 16.0 Å². The molecule has 1 aliphatic heterocycles. The molecule has 5 rings (SSSR count). The summed E-state index contributed by atoms with van der Waals surface area (Å²) in [5.74, 6) is -0.237. The number of benzene rings is 2. The summed E-state index contributed by atoms with van der Waals surface area (Å²) in [5, 5.41) is 16.3. The average Bonchev–Trinajstić information content (AvgIpc) is 3.42. The molecule has 41 heavy (non-hydrogen) atoms. The number of aryl methyl sites for hydroxylation is 3. The first-order chi connectivity index (χ1) is 19.2. The van der Waals surface area contributed by atoms with Crippen LogP contribution in [0.4, 0.5) is 22.7 Å². The summed E-state index contributed by atoms with van der Waals surface area (Å²) in [7, 11) is 0. The van der Waals surface area contributed by atoms with Gasteiger partial charge in [-0.3, -0.25) is 14.4 Å². The van der Waals surface area contributed by atoms with Crippen LogP contribution in [0.25, 0.3) is 0 Å². The molecule has 1 atom stereocenters. The van der Waals surface area contributed by atoms with E-state index in [0.717, 1.165) is 16.9 Å². The fourth-order valence-electron chi connectivity index (χ4n) is 5.12. The molecule has 0 radical (unpaired) electrons. The Labute approximate surface area is 241 Å². The number of nitrogens with zero attached hydrogens (tertiary/aromatic N) is 1. The van der Waals surface area contributed by atoms with Gasteiger partial charge in [-0.2, -0.15) is 0 Å². The first-order valence-corrected chi connectivity index (χ1v) is 13.5. The first-order valence-electron chi connectivity index (χ1n) is 13.1. The number of halogens is 1. The second-order valence-electron chi connectivity index (χ2n) is 11.5. The normalized spacial score (nSPS) is 13.9. The SMILES string of the molecule is Cc1ccc(C(=O)O)c(N2Cc3c(Cl)ccc(Nc4c(NC(c5cc(C)c(C)o5)C(C)(C)C)c(=O)c4=O)c3C2=O)c1. The maximum atomic E-state index is 13.7. The van der Waals surface area contributed by atoms with Gasteiger partial charge in [0.1, 0.15) is 22.9 Å². The molecule has 3 N–H and O–H groups in total. The lowest BCUT2D eigenvalue weighted by atomic mass is 9.84. The van der Waals surface area contributed by atoms with Gasteiger partial charge in [0.05, 0.1) is 35.1 Å². The number of rotatable bonds is 7.